The minimum Gasteiger partial charge on any atom is -0.394 e. The van der Waals surface area contributed by atoms with E-state index in [9.17, 15) is 4.79 Å². The van der Waals surface area contributed by atoms with Gasteiger partial charge in [-0.15, -0.1) is 0 Å². The SMILES string of the molecule is C[C@H]1CCC(CO)O1.O=c1[nH]cnc2nc[nH]c12. The molecule has 0 aromatic carbocycles. The van der Waals surface area contributed by atoms with E-state index in [0.29, 0.717) is 17.3 Å². The van der Waals surface area contributed by atoms with Gasteiger partial charge in [0, 0.05) is 0 Å². The second-order valence-electron chi connectivity index (χ2n) is 4.16. The maximum absolute atomic E-state index is 10.9. The third kappa shape index (κ3) is 2.93. The molecule has 3 heterocycles. The van der Waals surface area contributed by atoms with E-state index in [1.54, 1.807) is 0 Å². The number of aromatic amines is 2. The topological polar surface area (TPSA) is 104 Å². The Bertz CT molecular complexity index is 550. The molecule has 0 aliphatic carbocycles. The number of nitrogens with zero attached hydrogens (tertiary/aromatic N) is 2. The van der Waals surface area contributed by atoms with E-state index in [2.05, 4.69) is 19.9 Å². The molecular formula is C11H16N4O3. The van der Waals surface area contributed by atoms with Crippen LogP contribution in [-0.4, -0.2) is 43.9 Å². The highest BCUT2D eigenvalue weighted by Gasteiger charge is 2.19. The predicted molar refractivity (Wildman–Crippen MR) is 65.2 cm³/mol. The van der Waals surface area contributed by atoms with Crippen LogP contribution in [0.5, 0.6) is 0 Å². The van der Waals surface area contributed by atoms with Gasteiger partial charge in [0.25, 0.3) is 5.56 Å². The lowest BCUT2D eigenvalue weighted by Crippen LogP contribution is -2.11. The first-order chi connectivity index (χ1) is 8.70. The van der Waals surface area contributed by atoms with Gasteiger partial charge in [-0.05, 0) is 19.8 Å². The summed E-state index contributed by atoms with van der Waals surface area (Å²) < 4.78 is 5.26. The van der Waals surface area contributed by atoms with Crippen LogP contribution >= 0.6 is 0 Å². The number of H-pyrrole nitrogens is 2. The largest absolute Gasteiger partial charge is 0.394 e. The van der Waals surface area contributed by atoms with Crippen LogP contribution in [0.4, 0.5) is 0 Å². The fraction of sp³-hybridized carbons (Fsp3) is 0.545. The first kappa shape index (κ1) is 12.7. The van der Waals surface area contributed by atoms with E-state index >= 15 is 0 Å². The summed E-state index contributed by atoms with van der Waals surface area (Å²) in [6.07, 6.45) is 5.39. The number of hydrogen-bond acceptors (Lipinski definition) is 5. The molecule has 1 unspecified atom stereocenters. The van der Waals surface area contributed by atoms with Crippen molar-refractivity contribution in [2.24, 2.45) is 0 Å². The molecule has 3 rings (SSSR count). The third-order valence-corrected chi connectivity index (χ3v) is 2.75. The van der Waals surface area contributed by atoms with Gasteiger partial charge < -0.3 is 19.8 Å². The Morgan fingerprint density at radius 1 is 1.39 bits per heavy atom. The van der Waals surface area contributed by atoms with Crippen LogP contribution in [0.25, 0.3) is 11.2 Å². The van der Waals surface area contributed by atoms with Crippen molar-refractivity contribution in [3.63, 3.8) is 0 Å². The van der Waals surface area contributed by atoms with Crippen LogP contribution in [0.3, 0.4) is 0 Å². The van der Waals surface area contributed by atoms with E-state index in [-0.39, 0.29) is 18.3 Å². The molecule has 0 radical (unpaired) electrons. The summed E-state index contributed by atoms with van der Waals surface area (Å²) in [5.74, 6) is 0. The van der Waals surface area contributed by atoms with Gasteiger partial charge in [-0.1, -0.05) is 0 Å². The van der Waals surface area contributed by atoms with E-state index in [4.69, 9.17) is 9.84 Å². The van der Waals surface area contributed by atoms with Gasteiger partial charge in [0.05, 0.1) is 31.5 Å². The van der Waals surface area contributed by atoms with Gasteiger partial charge in [-0.3, -0.25) is 4.79 Å². The molecule has 0 amide bonds. The van der Waals surface area contributed by atoms with Gasteiger partial charge in [0.2, 0.25) is 0 Å². The zero-order chi connectivity index (χ0) is 13.0. The van der Waals surface area contributed by atoms with Crippen molar-refractivity contribution in [2.45, 2.75) is 32.0 Å². The molecule has 98 valence electrons. The van der Waals surface area contributed by atoms with Crippen molar-refractivity contribution in [2.75, 3.05) is 6.61 Å². The Hall–Kier alpha value is -1.73. The standard InChI is InChI=1S/C6H12O2.C5H4N4O/c1-5-2-3-6(4-7)8-5;10-5-3-4(7-1-6-3)8-2-9-5/h5-7H,2-4H2,1H3;1-2H,(H2,6,7,8,9,10)/t5-,6?;/m0./s1. The van der Waals surface area contributed by atoms with Crippen LogP contribution < -0.4 is 5.56 Å². The quantitative estimate of drug-likeness (QED) is 0.672. The average Bonchev–Trinajstić information content (AvgIpc) is 2.99. The Kier molecular flexibility index (Phi) is 4.06. The van der Waals surface area contributed by atoms with Crippen molar-refractivity contribution in [3.8, 4) is 0 Å². The van der Waals surface area contributed by atoms with Gasteiger partial charge in [-0.25, -0.2) is 9.97 Å². The number of ether oxygens (including phenoxy) is 1. The fourth-order valence-corrected chi connectivity index (χ4v) is 1.80. The molecule has 2 aromatic heterocycles. The Morgan fingerprint density at radius 3 is 2.61 bits per heavy atom. The highest BCUT2D eigenvalue weighted by Crippen LogP contribution is 2.17. The summed E-state index contributed by atoms with van der Waals surface area (Å²) in [7, 11) is 0. The predicted octanol–water partition coefficient (Wildman–Crippen LogP) is 0.192. The summed E-state index contributed by atoms with van der Waals surface area (Å²) in [5.41, 5.74) is 0.675. The van der Waals surface area contributed by atoms with Gasteiger partial charge in [0.1, 0.15) is 0 Å². The van der Waals surface area contributed by atoms with Crippen LogP contribution in [0.1, 0.15) is 19.8 Å². The van der Waals surface area contributed by atoms with Crippen molar-refractivity contribution < 1.29 is 9.84 Å². The molecule has 2 aromatic rings. The molecule has 1 aliphatic heterocycles. The minimum atomic E-state index is -0.192. The highest BCUT2D eigenvalue weighted by atomic mass is 16.5. The van der Waals surface area contributed by atoms with Crippen LogP contribution in [-0.2, 0) is 4.74 Å². The van der Waals surface area contributed by atoms with Crippen molar-refractivity contribution in [3.05, 3.63) is 23.0 Å². The number of fused-ring (bicyclic) bond motifs is 1. The molecule has 0 spiro atoms. The molecule has 0 bridgehead atoms. The molecule has 18 heavy (non-hydrogen) atoms. The molecule has 2 atom stereocenters. The van der Waals surface area contributed by atoms with Crippen molar-refractivity contribution >= 4 is 11.2 Å². The second-order valence-corrected chi connectivity index (χ2v) is 4.16. The second kappa shape index (κ2) is 5.74. The number of nitrogens with one attached hydrogen (secondary N) is 2. The lowest BCUT2D eigenvalue weighted by atomic mass is 10.2. The smallest absolute Gasteiger partial charge is 0.276 e. The van der Waals surface area contributed by atoms with E-state index < -0.39 is 0 Å². The summed E-state index contributed by atoms with van der Waals surface area (Å²) in [6, 6.07) is 0. The maximum Gasteiger partial charge on any atom is 0.276 e. The first-order valence-electron chi connectivity index (χ1n) is 5.83. The van der Waals surface area contributed by atoms with Crippen molar-refractivity contribution in [1.29, 1.82) is 0 Å². The number of aromatic nitrogens is 4. The molecule has 7 nitrogen and oxygen atoms in total. The Labute approximate surface area is 103 Å². The number of aliphatic hydroxyl groups excluding tert-OH is 1. The van der Waals surface area contributed by atoms with Gasteiger partial charge in [0.15, 0.2) is 11.2 Å². The zero-order valence-corrected chi connectivity index (χ0v) is 10.1. The maximum atomic E-state index is 10.9. The first-order valence-corrected chi connectivity index (χ1v) is 5.83. The fourth-order valence-electron chi connectivity index (χ4n) is 1.80. The third-order valence-electron chi connectivity index (χ3n) is 2.75. The molecule has 1 aliphatic rings. The minimum absolute atomic E-state index is 0.130. The van der Waals surface area contributed by atoms with E-state index in [0.717, 1.165) is 12.8 Å². The monoisotopic (exact) mass is 252 g/mol. The number of hydrogen-bond donors (Lipinski definition) is 3. The molecule has 3 N–H and O–H groups in total. The summed E-state index contributed by atoms with van der Waals surface area (Å²) >= 11 is 0. The normalized spacial score (nSPS) is 22.8. The van der Waals surface area contributed by atoms with Crippen molar-refractivity contribution in [1.82, 2.24) is 19.9 Å². The lowest BCUT2D eigenvalue weighted by molar-refractivity contribution is 0.0198. The molecule has 0 saturated carbocycles. The zero-order valence-electron chi connectivity index (χ0n) is 10.1. The Balaban J connectivity index is 0.000000138. The van der Waals surface area contributed by atoms with E-state index in [1.807, 2.05) is 6.92 Å². The number of aliphatic hydroxyl groups is 1. The number of rotatable bonds is 1. The number of imidazole rings is 1. The summed E-state index contributed by atoms with van der Waals surface area (Å²) in [6.45, 7) is 2.22. The average molecular weight is 252 g/mol. The van der Waals surface area contributed by atoms with Crippen LogP contribution in [0.15, 0.2) is 17.4 Å². The van der Waals surface area contributed by atoms with E-state index in [1.165, 1.54) is 12.7 Å². The van der Waals surface area contributed by atoms with Gasteiger partial charge in [-0.2, -0.15) is 0 Å². The molecule has 7 heteroatoms. The Morgan fingerprint density at radius 2 is 2.11 bits per heavy atom. The molecule has 1 fully saturated rings. The van der Waals surface area contributed by atoms with Gasteiger partial charge >= 0.3 is 0 Å². The summed E-state index contributed by atoms with van der Waals surface area (Å²) in [5, 5.41) is 8.56. The molecule has 1 saturated heterocycles. The van der Waals surface area contributed by atoms with Crippen LogP contribution in [0, 0.1) is 0 Å². The lowest BCUT2D eigenvalue weighted by Gasteiger charge is -2.05. The molecular weight excluding hydrogens is 236 g/mol. The highest BCUT2D eigenvalue weighted by molar-refractivity contribution is 5.67. The van der Waals surface area contributed by atoms with Crippen LogP contribution in [0.2, 0.25) is 0 Å². The summed E-state index contributed by atoms with van der Waals surface area (Å²) in [4.78, 5) is 23.6.